The van der Waals surface area contributed by atoms with Gasteiger partial charge in [-0.15, -0.1) is 0 Å². The molecule has 0 spiro atoms. The fourth-order valence-electron chi connectivity index (χ4n) is 5.09. The first-order valence-corrected chi connectivity index (χ1v) is 12.4. The number of likely N-dealkylation sites (tertiary alicyclic amines) is 1. The first kappa shape index (κ1) is 24.0. The number of amides is 2. The number of nitrogens with zero attached hydrogens (tertiary/aromatic N) is 3. The molecule has 1 aliphatic carbocycles. The maximum atomic E-state index is 15.4. The standard InChI is InChI=1S/C24H26ClFN8O3/c25-17-14(21(36)34-10-24(28)9-23(34,27)11-37-24)3-4-29-19(17)32-18-15(12-1-2-12)7-13(8-16(18)26)20(35)33-22-30-5-6-31-22/h3-4,7-8,12H,1-2,5-6,9-11,27-28H2,(H,29,32)(H2,30,31,33,35)/t23-,24-/m0/s1. The average Bonchev–Trinajstić information content (AvgIpc) is 3.39. The summed E-state index contributed by atoms with van der Waals surface area (Å²) in [6.07, 6.45) is 3.45. The van der Waals surface area contributed by atoms with Gasteiger partial charge in [0.15, 0.2) is 5.96 Å². The molecular weight excluding hydrogens is 503 g/mol. The lowest BCUT2D eigenvalue weighted by Gasteiger charge is -2.36. The summed E-state index contributed by atoms with van der Waals surface area (Å²) < 4.78 is 20.9. The van der Waals surface area contributed by atoms with Crippen molar-refractivity contribution in [2.24, 2.45) is 16.5 Å². The number of morpholine rings is 1. The minimum Gasteiger partial charge on any atom is -0.355 e. The number of hydrogen-bond acceptors (Lipinski definition) is 7. The molecule has 11 nitrogen and oxygen atoms in total. The number of hydrogen-bond donors (Lipinski definition) is 5. The van der Waals surface area contributed by atoms with Crippen molar-refractivity contribution in [3.05, 3.63) is 51.9 Å². The molecule has 4 heterocycles. The minimum atomic E-state index is -1.02. The summed E-state index contributed by atoms with van der Waals surface area (Å²) in [5.74, 6) is -1.04. The highest BCUT2D eigenvalue weighted by Crippen LogP contribution is 2.46. The molecule has 2 atom stereocenters. The number of ether oxygens (including phenoxy) is 1. The molecule has 1 saturated carbocycles. The van der Waals surface area contributed by atoms with Crippen LogP contribution < -0.4 is 27.4 Å². The molecule has 4 fully saturated rings. The normalized spacial score (nSPS) is 26.2. The Hall–Kier alpha value is -3.32. The van der Waals surface area contributed by atoms with Crippen molar-refractivity contribution in [3.8, 4) is 0 Å². The number of rotatable bonds is 5. The van der Waals surface area contributed by atoms with Gasteiger partial charge in [-0.05, 0) is 42.5 Å². The molecule has 2 amide bonds. The molecule has 194 valence electrons. The number of carbonyl (C=O) groups is 2. The first-order chi connectivity index (χ1) is 17.7. The third-order valence-electron chi connectivity index (χ3n) is 7.09. The molecule has 3 aliphatic heterocycles. The number of aliphatic imine (C=N–C) groups is 1. The van der Waals surface area contributed by atoms with Crippen molar-refractivity contribution in [2.45, 2.75) is 36.6 Å². The lowest BCUT2D eigenvalue weighted by Crippen LogP contribution is -2.59. The number of benzene rings is 1. The SMILES string of the molecule is N[C@]12CN(C(=O)c3ccnc(Nc4c(F)cc(C(=O)N=C5NCCN5)cc4C4CC4)c3Cl)[C@](N)(CO1)C2. The van der Waals surface area contributed by atoms with Crippen LogP contribution in [0.4, 0.5) is 15.9 Å². The van der Waals surface area contributed by atoms with Crippen molar-refractivity contribution in [1.82, 2.24) is 20.5 Å². The molecule has 13 heteroatoms. The van der Waals surface area contributed by atoms with Crippen LogP contribution in [0.3, 0.4) is 0 Å². The smallest absolute Gasteiger partial charge is 0.280 e. The third kappa shape index (κ3) is 4.29. The van der Waals surface area contributed by atoms with Gasteiger partial charge in [-0.1, -0.05) is 11.6 Å². The van der Waals surface area contributed by atoms with Crippen LogP contribution >= 0.6 is 11.6 Å². The number of nitrogens with two attached hydrogens (primary N) is 2. The monoisotopic (exact) mass is 528 g/mol. The van der Waals surface area contributed by atoms with Gasteiger partial charge < -0.3 is 37.1 Å². The zero-order chi connectivity index (χ0) is 25.9. The van der Waals surface area contributed by atoms with Gasteiger partial charge >= 0.3 is 0 Å². The Morgan fingerprint density at radius 2 is 2.03 bits per heavy atom. The summed E-state index contributed by atoms with van der Waals surface area (Å²) >= 11 is 6.61. The summed E-state index contributed by atoms with van der Waals surface area (Å²) in [5, 5.41) is 8.90. The van der Waals surface area contributed by atoms with Gasteiger partial charge in [0.25, 0.3) is 11.8 Å². The van der Waals surface area contributed by atoms with E-state index in [1.54, 1.807) is 6.07 Å². The summed E-state index contributed by atoms with van der Waals surface area (Å²) in [4.78, 5) is 35.8. The van der Waals surface area contributed by atoms with Gasteiger partial charge in [-0.3, -0.25) is 9.59 Å². The van der Waals surface area contributed by atoms with Gasteiger partial charge in [0.2, 0.25) is 0 Å². The van der Waals surface area contributed by atoms with Gasteiger partial charge in [0.05, 0.1) is 29.4 Å². The van der Waals surface area contributed by atoms with Crippen LogP contribution in [0.2, 0.25) is 5.02 Å². The molecule has 0 radical (unpaired) electrons. The van der Waals surface area contributed by atoms with Crippen LogP contribution in [0.25, 0.3) is 0 Å². The number of nitrogens with one attached hydrogen (secondary N) is 3. The molecule has 7 N–H and O–H groups in total. The fraction of sp³-hybridized carbons (Fsp3) is 0.417. The molecule has 6 rings (SSSR count). The fourth-order valence-corrected chi connectivity index (χ4v) is 5.33. The molecule has 37 heavy (non-hydrogen) atoms. The molecule has 4 aliphatic rings. The Labute approximate surface area is 216 Å². The molecule has 3 saturated heterocycles. The highest BCUT2D eigenvalue weighted by Gasteiger charge is 2.58. The van der Waals surface area contributed by atoms with Crippen molar-refractivity contribution >= 4 is 40.9 Å². The highest BCUT2D eigenvalue weighted by atomic mass is 35.5. The van der Waals surface area contributed by atoms with Gasteiger partial charge in [-0.2, -0.15) is 4.99 Å². The quantitative estimate of drug-likeness (QED) is 0.386. The van der Waals surface area contributed by atoms with E-state index in [-0.39, 0.29) is 46.7 Å². The number of fused-ring (bicyclic) bond motifs is 2. The number of carbonyl (C=O) groups excluding carboxylic acids is 2. The molecular formula is C24H26ClFN8O3. The van der Waals surface area contributed by atoms with Crippen molar-refractivity contribution in [1.29, 1.82) is 0 Å². The lowest BCUT2D eigenvalue weighted by molar-refractivity contribution is -0.0521. The first-order valence-electron chi connectivity index (χ1n) is 12.1. The van der Waals surface area contributed by atoms with Gasteiger partial charge in [0, 0.05) is 31.3 Å². The van der Waals surface area contributed by atoms with E-state index in [9.17, 15) is 9.59 Å². The van der Waals surface area contributed by atoms with Crippen LogP contribution in [0, 0.1) is 5.82 Å². The Bertz CT molecular complexity index is 1340. The average molecular weight is 529 g/mol. The Morgan fingerprint density at radius 1 is 1.27 bits per heavy atom. The predicted molar refractivity (Wildman–Crippen MR) is 134 cm³/mol. The largest absolute Gasteiger partial charge is 0.355 e. The molecule has 2 aromatic rings. The summed E-state index contributed by atoms with van der Waals surface area (Å²) in [6, 6.07) is 4.27. The molecule has 0 unspecified atom stereocenters. The van der Waals surface area contributed by atoms with Gasteiger partial charge in [-0.25, -0.2) is 9.37 Å². The van der Waals surface area contributed by atoms with E-state index in [1.165, 1.54) is 17.2 Å². The number of anilines is 2. The van der Waals surface area contributed by atoms with E-state index >= 15 is 4.39 Å². The lowest BCUT2D eigenvalue weighted by atomic mass is 10.0. The van der Waals surface area contributed by atoms with E-state index in [0.717, 1.165) is 18.9 Å². The summed E-state index contributed by atoms with van der Waals surface area (Å²) in [7, 11) is 0. The molecule has 1 aromatic heterocycles. The predicted octanol–water partition coefficient (Wildman–Crippen LogP) is 1.37. The van der Waals surface area contributed by atoms with Crippen molar-refractivity contribution in [3.63, 3.8) is 0 Å². The molecule has 1 aromatic carbocycles. The van der Waals surface area contributed by atoms with E-state index in [0.29, 0.717) is 31.0 Å². The van der Waals surface area contributed by atoms with Crippen LogP contribution in [-0.2, 0) is 4.74 Å². The Kier molecular flexibility index (Phi) is 5.60. The molecule has 2 bridgehead atoms. The number of pyridine rings is 1. The van der Waals surface area contributed by atoms with E-state index in [1.807, 2.05) is 0 Å². The zero-order valence-electron chi connectivity index (χ0n) is 19.8. The maximum absolute atomic E-state index is 15.4. The van der Waals surface area contributed by atoms with E-state index < -0.39 is 29.0 Å². The topological polar surface area (TPSA) is 160 Å². The second kappa shape index (κ2) is 8.62. The number of aromatic nitrogens is 1. The Balaban J connectivity index is 1.30. The Morgan fingerprint density at radius 3 is 2.68 bits per heavy atom. The van der Waals surface area contributed by atoms with Crippen LogP contribution in [0.1, 0.15) is 51.5 Å². The minimum absolute atomic E-state index is 0.0249. The third-order valence-corrected chi connectivity index (χ3v) is 7.48. The second-order valence-electron chi connectivity index (χ2n) is 9.99. The van der Waals surface area contributed by atoms with Crippen LogP contribution in [0.15, 0.2) is 29.4 Å². The zero-order valence-corrected chi connectivity index (χ0v) is 20.6. The van der Waals surface area contributed by atoms with Crippen LogP contribution in [-0.4, -0.2) is 65.3 Å². The summed E-state index contributed by atoms with van der Waals surface area (Å²) in [5.41, 5.74) is 11.6. The maximum Gasteiger partial charge on any atom is 0.280 e. The number of halogens is 2. The number of guanidine groups is 1. The van der Waals surface area contributed by atoms with E-state index in [4.69, 9.17) is 27.8 Å². The van der Waals surface area contributed by atoms with Crippen LogP contribution in [0.5, 0.6) is 0 Å². The highest BCUT2D eigenvalue weighted by molar-refractivity contribution is 6.36. The van der Waals surface area contributed by atoms with E-state index in [2.05, 4.69) is 25.9 Å². The second-order valence-corrected chi connectivity index (χ2v) is 10.4. The summed E-state index contributed by atoms with van der Waals surface area (Å²) in [6.45, 7) is 1.59. The van der Waals surface area contributed by atoms with Crippen molar-refractivity contribution < 1.29 is 18.7 Å². The van der Waals surface area contributed by atoms with Crippen molar-refractivity contribution in [2.75, 3.05) is 31.6 Å². The van der Waals surface area contributed by atoms with Gasteiger partial charge in [0.1, 0.15) is 23.0 Å².